The molecule has 0 aliphatic heterocycles. The number of nitrogens with one attached hydrogen (secondary N) is 1. The second kappa shape index (κ2) is 6.15. The topological polar surface area (TPSA) is 73.1 Å². The van der Waals surface area contributed by atoms with Crippen LogP contribution in [0.15, 0.2) is 30.5 Å². The number of methoxy groups -OCH3 is 1. The number of rotatable bonds is 5. The van der Waals surface area contributed by atoms with Crippen molar-refractivity contribution in [2.45, 2.75) is 13.3 Å². The Bertz CT molecular complexity index is 557. The Morgan fingerprint density at radius 3 is 2.84 bits per heavy atom. The molecule has 0 unspecified atom stereocenters. The van der Waals surface area contributed by atoms with E-state index in [1.807, 2.05) is 31.2 Å². The standard InChI is InChI=1S/C14H18N4O/c1-10-9-11(3-4-12(10)19-2)17-14-6-8-16-13(18-14)5-7-15/h3-4,6,8-9H,5,7,15H2,1-2H3,(H,16,17,18). The van der Waals surface area contributed by atoms with Gasteiger partial charge in [0.25, 0.3) is 0 Å². The fourth-order valence-corrected chi connectivity index (χ4v) is 1.82. The predicted molar refractivity (Wildman–Crippen MR) is 75.8 cm³/mol. The summed E-state index contributed by atoms with van der Waals surface area (Å²) in [6.45, 7) is 2.55. The number of benzene rings is 1. The van der Waals surface area contributed by atoms with E-state index < -0.39 is 0 Å². The van der Waals surface area contributed by atoms with E-state index in [2.05, 4.69) is 15.3 Å². The summed E-state index contributed by atoms with van der Waals surface area (Å²) in [4.78, 5) is 8.56. The highest BCUT2D eigenvalue weighted by Gasteiger charge is 2.02. The highest BCUT2D eigenvalue weighted by Crippen LogP contribution is 2.23. The molecule has 1 heterocycles. The summed E-state index contributed by atoms with van der Waals surface area (Å²) in [5, 5.41) is 3.25. The molecule has 2 aromatic rings. The van der Waals surface area contributed by atoms with E-state index in [9.17, 15) is 0 Å². The Kier molecular flexibility index (Phi) is 4.30. The molecule has 2 rings (SSSR count). The van der Waals surface area contributed by atoms with Crippen molar-refractivity contribution in [3.05, 3.63) is 41.9 Å². The van der Waals surface area contributed by atoms with Gasteiger partial charge >= 0.3 is 0 Å². The zero-order valence-corrected chi connectivity index (χ0v) is 11.2. The third-order valence-corrected chi connectivity index (χ3v) is 2.74. The minimum absolute atomic E-state index is 0.547. The molecule has 0 saturated carbocycles. The molecule has 0 bridgehead atoms. The number of ether oxygens (including phenoxy) is 1. The number of nitrogens with zero attached hydrogens (tertiary/aromatic N) is 2. The lowest BCUT2D eigenvalue weighted by Gasteiger charge is -2.09. The van der Waals surface area contributed by atoms with Gasteiger partial charge in [0.15, 0.2) is 0 Å². The molecule has 5 heteroatoms. The van der Waals surface area contributed by atoms with Gasteiger partial charge in [-0.3, -0.25) is 0 Å². The molecule has 1 aromatic heterocycles. The lowest BCUT2D eigenvalue weighted by Crippen LogP contribution is -2.07. The highest BCUT2D eigenvalue weighted by atomic mass is 16.5. The van der Waals surface area contributed by atoms with Gasteiger partial charge in [0.1, 0.15) is 17.4 Å². The van der Waals surface area contributed by atoms with E-state index in [0.29, 0.717) is 13.0 Å². The Morgan fingerprint density at radius 1 is 1.32 bits per heavy atom. The van der Waals surface area contributed by atoms with Crippen LogP contribution in [0.2, 0.25) is 0 Å². The first-order chi connectivity index (χ1) is 9.22. The molecule has 0 fully saturated rings. The van der Waals surface area contributed by atoms with Crippen molar-refractivity contribution >= 4 is 11.5 Å². The van der Waals surface area contributed by atoms with Crippen LogP contribution in [0, 0.1) is 6.92 Å². The van der Waals surface area contributed by atoms with Crippen molar-refractivity contribution in [3.8, 4) is 5.75 Å². The Balaban J connectivity index is 2.16. The summed E-state index contributed by atoms with van der Waals surface area (Å²) in [7, 11) is 1.67. The third-order valence-electron chi connectivity index (χ3n) is 2.74. The van der Waals surface area contributed by atoms with Crippen molar-refractivity contribution in [3.63, 3.8) is 0 Å². The monoisotopic (exact) mass is 258 g/mol. The van der Waals surface area contributed by atoms with E-state index in [0.717, 1.165) is 28.6 Å². The molecule has 100 valence electrons. The first-order valence-corrected chi connectivity index (χ1v) is 6.16. The Morgan fingerprint density at radius 2 is 2.16 bits per heavy atom. The first-order valence-electron chi connectivity index (χ1n) is 6.16. The second-order valence-corrected chi connectivity index (χ2v) is 4.21. The molecule has 3 N–H and O–H groups in total. The van der Waals surface area contributed by atoms with E-state index in [1.165, 1.54) is 0 Å². The van der Waals surface area contributed by atoms with Crippen LogP contribution in [0.1, 0.15) is 11.4 Å². The normalized spacial score (nSPS) is 10.3. The molecule has 0 aliphatic rings. The number of anilines is 2. The zero-order valence-electron chi connectivity index (χ0n) is 11.2. The van der Waals surface area contributed by atoms with Gasteiger partial charge < -0.3 is 15.8 Å². The summed E-state index contributed by atoms with van der Waals surface area (Å²) in [5.41, 5.74) is 7.54. The van der Waals surface area contributed by atoms with Crippen molar-refractivity contribution in [2.75, 3.05) is 19.0 Å². The van der Waals surface area contributed by atoms with E-state index in [-0.39, 0.29) is 0 Å². The predicted octanol–water partition coefficient (Wildman–Crippen LogP) is 2.04. The molecule has 0 spiro atoms. The van der Waals surface area contributed by atoms with Crippen LogP contribution < -0.4 is 15.8 Å². The van der Waals surface area contributed by atoms with E-state index >= 15 is 0 Å². The zero-order chi connectivity index (χ0) is 13.7. The van der Waals surface area contributed by atoms with Gasteiger partial charge in [-0.2, -0.15) is 0 Å². The Hall–Kier alpha value is -2.14. The van der Waals surface area contributed by atoms with Crippen molar-refractivity contribution < 1.29 is 4.74 Å². The van der Waals surface area contributed by atoms with Crippen LogP contribution in [0.3, 0.4) is 0 Å². The molecule has 19 heavy (non-hydrogen) atoms. The maximum absolute atomic E-state index is 5.50. The summed E-state index contributed by atoms with van der Waals surface area (Å²) in [6.07, 6.45) is 2.41. The van der Waals surface area contributed by atoms with Gasteiger partial charge in [-0.25, -0.2) is 9.97 Å². The molecule has 0 saturated heterocycles. The van der Waals surface area contributed by atoms with Gasteiger partial charge in [0.05, 0.1) is 7.11 Å². The van der Waals surface area contributed by atoms with Crippen LogP contribution in [-0.4, -0.2) is 23.6 Å². The molecular weight excluding hydrogens is 240 g/mol. The number of nitrogens with two attached hydrogens (primary N) is 1. The van der Waals surface area contributed by atoms with Crippen molar-refractivity contribution in [2.24, 2.45) is 5.73 Å². The SMILES string of the molecule is COc1ccc(Nc2ccnc(CCN)n2)cc1C. The van der Waals surface area contributed by atoms with Gasteiger partial charge in [-0.05, 0) is 43.3 Å². The average Bonchev–Trinajstić information content (AvgIpc) is 2.40. The average molecular weight is 258 g/mol. The fourth-order valence-electron chi connectivity index (χ4n) is 1.82. The van der Waals surface area contributed by atoms with Crippen LogP contribution in [-0.2, 0) is 6.42 Å². The lowest BCUT2D eigenvalue weighted by molar-refractivity contribution is 0.412. The Labute approximate surface area is 112 Å². The molecule has 0 radical (unpaired) electrons. The minimum atomic E-state index is 0.547. The summed E-state index contributed by atoms with van der Waals surface area (Å²) >= 11 is 0. The molecule has 0 amide bonds. The lowest BCUT2D eigenvalue weighted by atomic mass is 10.2. The number of hydrogen-bond donors (Lipinski definition) is 2. The smallest absolute Gasteiger partial charge is 0.134 e. The molecular formula is C14H18N4O. The molecule has 1 aromatic carbocycles. The number of hydrogen-bond acceptors (Lipinski definition) is 5. The van der Waals surface area contributed by atoms with Gasteiger partial charge in [-0.15, -0.1) is 0 Å². The maximum Gasteiger partial charge on any atom is 0.134 e. The van der Waals surface area contributed by atoms with Gasteiger partial charge in [0, 0.05) is 18.3 Å². The van der Waals surface area contributed by atoms with Crippen LogP contribution in [0.4, 0.5) is 11.5 Å². The summed E-state index contributed by atoms with van der Waals surface area (Å²) in [5.74, 6) is 2.39. The minimum Gasteiger partial charge on any atom is -0.496 e. The molecule has 0 aliphatic carbocycles. The largest absolute Gasteiger partial charge is 0.496 e. The molecule has 5 nitrogen and oxygen atoms in total. The second-order valence-electron chi connectivity index (χ2n) is 4.21. The van der Waals surface area contributed by atoms with Crippen LogP contribution in [0.5, 0.6) is 5.75 Å². The van der Waals surface area contributed by atoms with Crippen molar-refractivity contribution in [1.29, 1.82) is 0 Å². The van der Waals surface area contributed by atoms with Crippen LogP contribution in [0.25, 0.3) is 0 Å². The number of aromatic nitrogens is 2. The van der Waals surface area contributed by atoms with Gasteiger partial charge in [-0.1, -0.05) is 0 Å². The van der Waals surface area contributed by atoms with Crippen molar-refractivity contribution in [1.82, 2.24) is 9.97 Å². The number of aryl methyl sites for hydroxylation is 1. The summed E-state index contributed by atoms with van der Waals surface area (Å²) in [6, 6.07) is 7.74. The first kappa shape index (κ1) is 13.3. The summed E-state index contributed by atoms with van der Waals surface area (Å²) < 4.78 is 5.23. The fraction of sp³-hybridized carbons (Fsp3) is 0.286. The van der Waals surface area contributed by atoms with Gasteiger partial charge in [0.2, 0.25) is 0 Å². The molecule has 0 atom stereocenters. The quantitative estimate of drug-likeness (QED) is 0.858. The highest BCUT2D eigenvalue weighted by molar-refractivity contribution is 5.58. The third kappa shape index (κ3) is 3.42. The maximum atomic E-state index is 5.50. The van der Waals surface area contributed by atoms with E-state index in [1.54, 1.807) is 13.3 Å². The van der Waals surface area contributed by atoms with Crippen LogP contribution >= 0.6 is 0 Å². The van der Waals surface area contributed by atoms with E-state index in [4.69, 9.17) is 10.5 Å².